The van der Waals surface area contributed by atoms with Gasteiger partial charge in [0.1, 0.15) is 17.5 Å². The SMILES string of the molecule is CN1CCN(c2cc(-c3ccc4nc([C@H](N)Cc5cccc(F)c5)[nH]c4c3)ccn2)CC1. The Labute approximate surface area is 186 Å². The summed E-state index contributed by atoms with van der Waals surface area (Å²) in [6.45, 7) is 4.06. The first-order valence-corrected chi connectivity index (χ1v) is 10.9. The van der Waals surface area contributed by atoms with Crippen LogP contribution in [-0.2, 0) is 6.42 Å². The number of likely N-dealkylation sites (N-methyl/N-ethyl adjacent to an activating group) is 1. The Hall–Kier alpha value is -3.29. The van der Waals surface area contributed by atoms with Crippen molar-refractivity contribution in [2.45, 2.75) is 12.5 Å². The third-order valence-corrected chi connectivity index (χ3v) is 6.10. The molecular weight excluding hydrogens is 403 g/mol. The number of anilines is 1. The number of nitrogens with two attached hydrogens (primary N) is 1. The average Bonchev–Trinajstić information content (AvgIpc) is 3.23. The minimum absolute atomic E-state index is 0.253. The van der Waals surface area contributed by atoms with E-state index in [-0.39, 0.29) is 11.9 Å². The standard InChI is InChI=1S/C25H27FN6/c1-31-9-11-32(12-10-31)24-16-19(7-8-28-24)18-5-6-22-23(15-18)30-25(29-22)21(27)14-17-3-2-4-20(26)13-17/h2-8,13,15-16,21H,9-12,14,27H2,1H3,(H,29,30)/t21-/m1/s1. The van der Waals surface area contributed by atoms with Crippen molar-refractivity contribution in [3.8, 4) is 11.1 Å². The molecule has 1 atom stereocenters. The van der Waals surface area contributed by atoms with E-state index in [1.165, 1.54) is 12.1 Å². The maximum atomic E-state index is 13.5. The minimum Gasteiger partial charge on any atom is -0.354 e. The molecular formula is C25H27FN6. The van der Waals surface area contributed by atoms with Crippen LogP contribution < -0.4 is 10.6 Å². The lowest BCUT2D eigenvalue weighted by Gasteiger charge is -2.33. The average molecular weight is 431 g/mol. The number of nitrogens with zero attached hydrogens (tertiary/aromatic N) is 4. The van der Waals surface area contributed by atoms with E-state index in [2.05, 4.69) is 50.0 Å². The fourth-order valence-corrected chi connectivity index (χ4v) is 4.21. The number of aromatic nitrogens is 3. The Morgan fingerprint density at radius 2 is 1.84 bits per heavy atom. The van der Waals surface area contributed by atoms with Crippen LogP contribution in [0.4, 0.5) is 10.2 Å². The Bertz CT molecular complexity index is 1230. The van der Waals surface area contributed by atoms with E-state index < -0.39 is 0 Å². The summed E-state index contributed by atoms with van der Waals surface area (Å²) in [6.07, 6.45) is 2.39. The Morgan fingerprint density at radius 1 is 1.03 bits per heavy atom. The van der Waals surface area contributed by atoms with Crippen LogP contribution in [0, 0.1) is 5.82 Å². The number of piperazine rings is 1. The topological polar surface area (TPSA) is 74.1 Å². The summed E-state index contributed by atoms with van der Waals surface area (Å²) in [4.78, 5) is 17.3. The van der Waals surface area contributed by atoms with Crippen molar-refractivity contribution < 1.29 is 4.39 Å². The molecule has 3 N–H and O–H groups in total. The van der Waals surface area contributed by atoms with Crippen molar-refractivity contribution in [3.63, 3.8) is 0 Å². The molecule has 2 aromatic heterocycles. The number of benzene rings is 2. The van der Waals surface area contributed by atoms with Gasteiger partial charge < -0.3 is 20.5 Å². The monoisotopic (exact) mass is 430 g/mol. The van der Waals surface area contributed by atoms with Crippen LogP contribution in [0.25, 0.3) is 22.2 Å². The molecule has 2 aromatic carbocycles. The van der Waals surface area contributed by atoms with Crippen molar-refractivity contribution in [1.82, 2.24) is 19.9 Å². The van der Waals surface area contributed by atoms with Crippen molar-refractivity contribution in [3.05, 3.63) is 78.0 Å². The molecule has 1 saturated heterocycles. The van der Waals surface area contributed by atoms with Gasteiger partial charge in [-0.2, -0.15) is 0 Å². The van der Waals surface area contributed by atoms with E-state index in [4.69, 9.17) is 5.73 Å². The van der Waals surface area contributed by atoms with Gasteiger partial charge in [-0.1, -0.05) is 18.2 Å². The number of pyridine rings is 1. The Kier molecular flexibility index (Phi) is 5.59. The van der Waals surface area contributed by atoms with Crippen LogP contribution >= 0.6 is 0 Å². The molecule has 0 radical (unpaired) electrons. The first kappa shape index (κ1) is 20.6. The van der Waals surface area contributed by atoms with Crippen LogP contribution in [0.1, 0.15) is 17.4 Å². The van der Waals surface area contributed by atoms with Gasteiger partial charge in [0.25, 0.3) is 0 Å². The normalized spacial score (nSPS) is 15.9. The number of aromatic amines is 1. The summed E-state index contributed by atoms with van der Waals surface area (Å²) in [7, 11) is 2.15. The Morgan fingerprint density at radius 3 is 2.66 bits per heavy atom. The molecule has 0 aliphatic carbocycles. The van der Waals surface area contributed by atoms with Crippen LogP contribution in [0.5, 0.6) is 0 Å². The third kappa shape index (κ3) is 4.35. The number of fused-ring (bicyclic) bond motifs is 1. The molecule has 0 bridgehead atoms. The largest absolute Gasteiger partial charge is 0.354 e. The van der Waals surface area contributed by atoms with Crippen molar-refractivity contribution in [2.24, 2.45) is 5.73 Å². The zero-order valence-electron chi connectivity index (χ0n) is 18.1. The highest BCUT2D eigenvalue weighted by Gasteiger charge is 2.16. The fraction of sp³-hybridized carbons (Fsp3) is 0.280. The molecule has 1 aliphatic heterocycles. The second kappa shape index (κ2) is 8.68. The highest BCUT2D eigenvalue weighted by molar-refractivity contribution is 5.82. The highest BCUT2D eigenvalue weighted by atomic mass is 19.1. The van der Waals surface area contributed by atoms with Gasteiger partial charge in [0.2, 0.25) is 0 Å². The molecule has 1 fully saturated rings. The lowest BCUT2D eigenvalue weighted by atomic mass is 10.1. The van der Waals surface area contributed by atoms with Crippen LogP contribution in [0.15, 0.2) is 60.8 Å². The van der Waals surface area contributed by atoms with E-state index in [9.17, 15) is 4.39 Å². The number of halogens is 1. The summed E-state index contributed by atoms with van der Waals surface area (Å²) in [5.74, 6) is 1.46. The molecule has 164 valence electrons. The van der Waals surface area contributed by atoms with Gasteiger partial charge in [-0.15, -0.1) is 0 Å². The molecule has 0 amide bonds. The lowest BCUT2D eigenvalue weighted by Crippen LogP contribution is -2.44. The molecule has 32 heavy (non-hydrogen) atoms. The van der Waals surface area contributed by atoms with Gasteiger partial charge in [-0.25, -0.2) is 14.4 Å². The molecule has 5 rings (SSSR count). The third-order valence-electron chi connectivity index (χ3n) is 6.10. The maximum absolute atomic E-state index is 13.5. The number of hydrogen-bond donors (Lipinski definition) is 2. The number of rotatable bonds is 5. The van der Waals surface area contributed by atoms with Crippen molar-refractivity contribution in [1.29, 1.82) is 0 Å². The number of imidazole rings is 1. The molecule has 6 nitrogen and oxygen atoms in total. The van der Waals surface area contributed by atoms with E-state index in [1.54, 1.807) is 6.07 Å². The summed E-state index contributed by atoms with van der Waals surface area (Å²) < 4.78 is 13.5. The summed E-state index contributed by atoms with van der Waals surface area (Å²) in [5.41, 5.74) is 11.2. The number of hydrogen-bond acceptors (Lipinski definition) is 5. The van der Waals surface area contributed by atoms with Gasteiger partial charge in [-0.05, 0) is 66.6 Å². The maximum Gasteiger partial charge on any atom is 0.129 e. The van der Waals surface area contributed by atoms with Crippen molar-refractivity contribution in [2.75, 3.05) is 38.1 Å². The number of H-pyrrole nitrogens is 1. The molecule has 3 heterocycles. The van der Waals surface area contributed by atoms with Gasteiger partial charge >= 0.3 is 0 Å². The van der Waals surface area contributed by atoms with Crippen molar-refractivity contribution >= 4 is 16.9 Å². The zero-order valence-corrected chi connectivity index (χ0v) is 18.1. The molecule has 1 aliphatic rings. The molecule has 0 unspecified atom stereocenters. The van der Waals surface area contributed by atoms with E-state index >= 15 is 0 Å². The van der Waals surface area contributed by atoms with E-state index in [0.717, 1.165) is 59.7 Å². The molecule has 7 heteroatoms. The summed E-state index contributed by atoms with van der Waals surface area (Å²) in [5, 5.41) is 0. The molecule has 4 aromatic rings. The second-order valence-electron chi connectivity index (χ2n) is 8.49. The van der Waals surface area contributed by atoms with Gasteiger partial charge in [0.15, 0.2) is 0 Å². The van der Waals surface area contributed by atoms with Gasteiger partial charge in [-0.3, -0.25) is 0 Å². The van der Waals surface area contributed by atoms with E-state index in [1.807, 2.05) is 24.4 Å². The summed E-state index contributed by atoms with van der Waals surface area (Å²) >= 11 is 0. The minimum atomic E-state index is -0.336. The summed E-state index contributed by atoms with van der Waals surface area (Å²) in [6, 6.07) is 16.6. The quantitative estimate of drug-likeness (QED) is 0.504. The van der Waals surface area contributed by atoms with Gasteiger partial charge in [0.05, 0.1) is 17.1 Å². The predicted octanol–water partition coefficient (Wildman–Crippen LogP) is 3.76. The van der Waals surface area contributed by atoms with Crippen LogP contribution in [0.2, 0.25) is 0 Å². The van der Waals surface area contributed by atoms with Crippen LogP contribution in [0.3, 0.4) is 0 Å². The van der Waals surface area contributed by atoms with Crippen LogP contribution in [-0.4, -0.2) is 53.1 Å². The fourth-order valence-electron chi connectivity index (χ4n) is 4.21. The van der Waals surface area contributed by atoms with E-state index in [0.29, 0.717) is 12.2 Å². The second-order valence-corrected chi connectivity index (χ2v) is 8.49. The predicted molar refractivity (Wildman–Crippen MR) is 126 cm³/mol. The first-order valence-electron chi connectivity index (χ1n) is 10.9. The molecule has 0 saturated carbocycles. The first-order chi connectivity index (χ1) is 15.5. The number of nitrogens with one attached hydrogen (secondary N) is 1. The highest BCUT2D eigenvalue weighted by Crippen LogP contribution is 2.27. The smallest absolute Gasteiger partial charge is 0.129 e. The van der Waals surface area contributed by atoms with Gasteiger partial charge in [0, 0.05) is 32.4 Å². The Balaban J connectivity index is 1.38. The molecule has 0 spiro atoms. The zero-order chi connectivity index (χ0) is 22.1. The lowest BCUT2D eigenvalue weighted by molar-refractivity contribution is 0.312.